The van der Waals surface area contributed by atoms with Gasteiger partial charge in [-0.05, 0) is 70.4 Å². The second kappa shape index (κ2) is 7.21. The minimum absolute atomic E-state index is 0.0156. The summed E-state index contributed by atoms with van der Waals surface area (Å²) in [6.45, 7) is 8.54. The standard InChI is InChI=1S/C26H34O6/c1-23(2,3)22(30)32-14-20(29)26(31)11-9-18-17-7-6-15-12-16(27)8-10-24(15,4)21(17)19(28)13-25(18,26)5/h8,10,12,17-18,21,31H,6-7,9,11,13-14H2,1-5H3/t17-,18-,21+,24-,25-,26-/m0/s1. The van der Waals surface area contributed by atoms with Crippen molar-refractivity contribution < 1.29 is 29.0 Å². The molecule has 0 aromatic carbocycles. The van der Waals surface area contributed by atoms with Crippen LogP contribution in [0.4, 0.5) is 0 Å². The fourth-order valence-corrected chi connectivity index (χ4v) is 6.96. The minimum atomic E-state index is -1.69. The average molecular weight is 443 g/mol. The van der Waals surface area contributed by atoms with Crippen LogP contribution in [-0.2, 0) is 23.9 Å². The fraction of sp³-hybridized carbons (Fsp3) is 0.692. The van der Waals surface area contributed by atoms with E-state index in [4.69, 9.17) is 4.74 Å². The Balaban J connectivity index is 1.60. The van der Waals surface area contributed by atoms with E-state index >= 15 is 0 Å². The maximum Gasteiger partial charge on any atom is 0.311 e. The van der Waals surface area contributed by atoms with Crippen LogP contribution in [0.15, 0.2) is 23.8 Å². The molecule has 3 saturated carbocycles. The summed E-state index contributed by atoms with van der Waals surface area (Å²) in [5.41, 5.74) is -2.78. The van der Waals surface area contributed by atoms with Crippen molar-refractivity contribution in [2.45, 2.75) is 72.3 Å². The van der Waals surface area contributed by atoms with Crippen LogP contribution in [0.1, 0.15) is 66.7 Å². The van der Waals surface area contributed by atoms with E-state index in [0.717, 1.165) is 18.4 Å². The van der Waals surface area contributed by atoms with E-state index in [1.54, 1.807) is 32.9 Å². The molecule has 0 spiro atoms. The summed E-state index contributed by atoms with van der Waals surface area (Å²) in [4.78, 5) is 50.8. The largest absolute Gasteiger partial charge is 0.457 e. The molecule has 0 saturated heterocycles. The molecule has 0 radical (unpaired) electrons. The van der Waals surface area contributed by atoms with E-state index in [1.807, 2.05) is 19.9 Å². The van der Waals surface area contributed by atoms with Crippen molar-refractivity contribution >= 4 is 23.3 Å². The van der Waals surface area contributed by atoms with Crippen LogP contribution < -0.4 is 0 Å². The molecule has 32 heavy (non-hydrogen) atoms. The normalized spacial score (nSPS) is 40.8. The Hall–Kier alpha value is -2.08. The van der Waals surface area contributed by atoms with E-state index in [9.17, 15) is 24.3 Å². The number of ketones is 3. The lowest BCUT2D eigenvalue weighted by Gasteiger charge is -2.56. The maximum absolute atomic E-state index is 13.6. The van der Waals surface area contributed by atoms with Gasteiger partial charge in [0.25, 0.3) is 0 Å². The molecule has 0 aromatic heterocycles. The molecule has 0 bridgehead atoms. The maximum atomic E-state index is 13.6. The zero-order chi connectivity index (χ0) is 23.7. The molecular formula is C26H34O6. The topological polar surface area (TPSA) is 97.7 Å². The Morgan fingerprint density at radius 2 is 1.88 bits per heavy atom. The lowest BCUT2D eigenvalue weighted by atomic mass is 9.46. The first-order valence-corrected chi connectivity index (χ1v) is 11.6. The second-order valence-electron chi connectivity index (χ2n) is 11.7. The van der Waals surface area contributed by atoms with Gasteiger partial charge in [-0.1, -0.05) is 25.5 Å². The van der Waals surface area contributed by atoms with E-state index in [0.29, 0.717) is 6.42 Å². The van der Waals surface area contributed by atoms with Crippen LogP contribution in [0.25, 0.3) is 0 Å². The molecule has 0 aromatic rings. The van der Waals surface area contributed by atoms with Crippen LogP contribution >= 0.6 is 0 Å². The highest BCUT2D eigenvalue weighted by Gasteiger charge is 2.68. The van der Waals surface area contributed by atoms with E-state index in [2.05, 4.69) is 0 Å². The molecule has 0 amide bonds. The van der Waals surface area contributed by atoms with Gasteiger partial charge in [0.05, 0.1) is 5.41 Å². The van der Waals surface area contributed by atoms with Crippen molar-refractivity contribution in [2.24, 2.45) is 34.0 Å². The number of esters is 1. The van der Waals surface area contributed by atoms with Gasteiger partial charge in [0.15, 0.2) is 12.4 Å². The van der Waals surface area contributed by atoms with Gasteiger partial charge < -0.3 is 9.84 Å². The molecule has 6 heteroatoms. The van der Waals surface area contributed by atoms with Crippen molar-refractivity contribution in [3.05, 3.63) is 23.8 Å². The van der Waals surface area contributed by atoms with Gasteiger partial charge in [-0.25, -0.2) is 0 Å². The number of hydrogen-bond acceptors (Lipinski definition) is 6. The summed E-state index contributed by atoms with van der Waals surface area (Å²) >= 11 is 0. The summed E-state index contributed by atoms with van der Waals surface area (Å²) < 4.78 is 5.22. The summed E-state index contributed by atoms with van der Waals surface area (Å²) in [7, 11) is 0. The second-order valence-corrected chi connectivity index (χ2v) is 11.7. The molecule has 1 N–H and O–H groups in total. The minimum Gasteiger partial charge on any atom is -0.457 e. The Morgan fingerprint density at radius 3 is 2.53 bits per heavy atom. The van der Waals surface area contributed by atoms with Gasteiger partial charge >= 0.3 is 5.97 Å². The third kappa shape index (κ3) is 3.17. The quantitative estimate of drug-likeness (QED) is 0.673. The summed E-state index contributed by atoms with van der Waals surface area (Å²) in [6.07, 6.45) is 7.66. The molecule has 4 aliphatic carbocycles. The average Bonchev–Trinajstić information content (AvgIpc) is 2.97. The van der Waals surface area contributed by atoms with Gasteiger partial charge in [0, 0.05) is 23.2 Å². The van der Waals surface area contributed by atoms with Gasteiger partial charge in [0.1, 0.15) is 11.4 Å². The lowest BCUT2D eigenvalue weighted by Crippen LogP contribution is -2.60. The highest BCUT2D eigenvalue weighted by molar-refractivity contribution is 6.02. The SMILES string of the molecule is CC(C)(C)C(=O)OCC(=O)[C@@]1(O)CC[C@H]2[C@@H]3CCC4=CC(=O)C=C[C@]4(C)[C@H]3C(=O)C[C@@]21C. The first-order valence-electron chi connectivity index (χ1n) is 11.6. The van der Waals surface area contributed by atoms with Crippen molar-refractivity contribution in [1.29, 1.82) is 0 Å². The van der Waals surface area contributed by atoms with Gasteiger partial charge in [-0.3, -0.25) is 19.2 Å². The number of ether oxygens (including phenoxy) is 1. The summed E-state index contributed by atoms with van der Waals surface area (Å²) in [6, 6.07) is 0. The fourth-order valence-electron chi connectivity index (χ4n) is 6.96. The Kier molecular flexibility index (Phi) is 5.20. The number of allylic oxidation sites excluding steroid dienone is 4. The van der Waals surface area contributed by atoms with E-state index in [-0.39, 0.29) is 42.2 Å². The van der Waals surface area contributed by atoms with E-state index in [1.165, 1.54) is 0 Å². The number of Topliss-reactive ketones (excluding diaryl/α,β-unsaturated/α-hetero) is 2. The molecule has 0 aliphatic heterocycles. The number of aliphatic hydroxyl groups is 1. The Labute approximate surface area is 189 Å². The molecule has 3 fully saturated rings. The van der Waals surface area contributed by atoms with Crippen LogP contribution in [-0.4, -0.2) is 40.6 Å². The van der Waals surface area contributed by atoms with Gasteiger partial charge in [-0.2, -0.15) is 0 Å². The van der Waals surface area contributed by atoms with Gasteiger partial charge in [0.2, 0.25) is 5.78 Å². The highest BCUT2D eigenvalue weighted by Crippen LogP contribution is 2.66. The third-order valence-corrected chi connectivity index (χ3v) is 8.82. The molecule has 6 atom stereocenters. The summed E-state index contributed by atoms with van der Waals surface area (Å²) in [5.74, 6) is -1.19. The van der Waals surface area contributed by atoms with Crippen LogP contribution in [0.3, 0.4) is 0 Å². The Bertz CT molecular complexity index is 952. The monoisotopic (exact) mass is 442 g/mol. The molecule has 4 rings (SSSR count). The van der Waals surface area contributed by atoms with Gasteiger partial charge in [-0.15, -0.1) is 0 Å². The van der Waals surface area contributed by atoms with Crippen molar-refractivity contribution in [1.82, 2.24) is 0 Å². The first-order chi connectivity index (χ1) is 14.7. The van der Waals surface area contributed by atoms with Crippen LogP contribution in [0.2, 0.25) is 0 Å². The molecule has 0 unspecified atom stereocenters. The number of hydrogen-bond donors (Lipinski definition) is 1. The Morgan fingerprint density at radius 1 is 1.19 bits per heavy atom. The number of carbonyl (C=O) groups is 4. The first kappa shape index (κ1) is 23.1. The predicted molar refractivity (Wildman–Crippen MR) is 117 cm³/mol. The van der Waals surface area contributed by atoms with Crippen molar-refractivity contribution in [2.75, 3.05) is 6.61 Å². The highest BCUT2D eigenvalue weighted by atomic mass is 16.5. The van der Waals surface area contributed by atoms with Crippen molar-refractivity contribution in [3.63, 3.8) is 0 Å². The molecule has 174 valence electrons. The number of rotatable bonds is 3. The van der Waals surface area contributed by atoms with E-state index < -0.39 is 40.2 Å². The third-order valence-electron chi connectivity index (χ3n) is 8.82. The zero-order valence-corrected chi connectivity index (χ0v) is 19.7. The van der Waals surface area contributed by atoms with Crippen LogP contribution in [0, 0.1) is 34.0 Å². The predicted octanol–water partition coefficient (Wildman–Crippen LogP) is 3.36. The summed E-state index contributed by atoms with van der Waals surface area (Å²) in [5, 5.41) is 11.6. The smallest absolute Gasteiger partial charge is 0.311 e. The van der Waals surface area contributed by atoms with Crippen molar-refractivity contribution in [3.8, 4) is 0 Å². The zero-order valence-electron chi connectivity index (χ0n) is 19.7. The number of fused-ring (bicyclic) bond motifs is 5. The lowest BCUT2D eigenvalue weighted by molar-refractivity contribution is -0.174. The molecular weight excluding hydrogens is 408 g/mol. The number of carbonyl (C=O) groups excluding carboxylic acids is 4. The van der Waals surface area contributed by atoms with Crippen LogP contribution in [0.5, 0.6) is 0 Å². The molecule has 6 nitrogen and oxygen atoms in total. The molecule has 4 aliphatic rings. The molecule has 0 heterocycles.